The molecule has 0 heterocycles. The smallest absolute Gasteiger partial charge is 0.251 e. The van der Waals surface area contributed by atoms with Gasteiger partial charge in [0.2, 0.25) is 0 Å². The van der Waals surface area contributed by atoms with E-state index >= 15 is 0 Å². The van der Waals surface area contributed by atoms with Crippen molar-refractivity contribution in [1.29, 1.82) is 5.26 Å². The first kappa shape index (κ1) is 17.4. The molecule has 104 valence electrons. The van der Waals surface area contributed by atoms with Crippen molar-refractivity contribution in [3.63, 3.8) is 0 Å². The summed E-state index contributed by atoms with van der Waals surface area (Å²) in [6.45, 7) is 4.62. The van der Waals surface area contributed by atoms with Gasteiger partial charge in [0, 0.05) is 18.2 Å². The van der Waals surface area contributed by atoms with Crippen LogP contribution in [-0.4, -0.2) is 18.5 Å². The predicted molar refractivity (Wildman–Crippen MR) is 78.2 cm³/mol. The molecule has 1 unspecified atom stereocenters. The van der Waals surface area contributed by atoms with Crippen LogP contribution in [0.5, 0.6) is 0 Å². The highest BCUT2D eigenvalue weighted by atomic mass is 35.5. The molecule has 1 amide bonds. The van der Waals surface area contributed by atoms with E-state index in [9.17, 15) is 4.79 Å². The van der Waals surface area contributed by atoms with Crippen LogP contribution in [0, 0.1) is 17.2 Å². The van der Waals surface area contributed by atoms with Crippen molar-refractivity contribution < 1.29 is 4.79 Å². The maximum absolute atomic E-state index is 11.9. The van der Waals surface area contributed by atoms with Gasteiger partial charge in [-0.15, -0.1) is 12.4 Å². The normalized spacial score (nSPS) is 11.3. The van der Waals surface area contributed by atoms with Crippen LogP contribution in [0.4, 0.5) is 0 Å². The highest BCUT2D eigenvalue weighted by Gasteiger charge is 2.13. The van der Waals surface area contributed by atoms with Gasteiger partial charge in [0.1, 0.15) is 0 Å². The summed E-state index contributed by atoms with van der Waals surface area (Å²) in [5.74, 6) is 0.343. The minimum Gasteiger partial charge on any atom is -0.348 e. The Kier molecular flexibility index (Phi) is 7.81. The molecule has 0 bridgehead atoms. The number of nitrogens with zero attached hydrogens (tertiary/aromatic N) is 1. The number of hydrogen-bond donors (Lipinski definition) is 2. The number of amides is 1. The Labute approximate surface area is 120 Å². The maximum atomic E-state index is 11.9. The fraction of sp³-hybridized carbons (Fsp3) is 0.429. The number of benzene rings is 1. The van der Waals surface area contributed by atoms with Gasteiger partial charge in [-0.3, -0.25) is 4.79 Å². The van der Waals surface area contributed by atoms with E-state index in [0.29, 0.717) is 23.6 Å². The van der Waals surface area contributed by atoms with Crippen molar-refractivity contribution in [2.75, 3.05) is 6.54 Å². The third-order valence-corrected chi connectivity index (χ3v) is 2.65. The second-order valence-electron chi connectivity index (χ2n) is 4.72. The van der Waals surface area contributed by atoms with Gasteiger partial charge in [0.25, 0.3) is 5.91 Å². The Balaban J connectivity index is 0.00000324. The molecule has 0 fully saturated rings. The summed E-state index contributed by atoms with van der Waals surface area (Å²) < 4.78 is 0. The second kappa shape index (κ2) is 8.52. The molecule has 0 saturated heterocycles. The zero-order chi connectivity index (χ0) is 13.5. The van der Waals surface area contributed by atoms with E-state index in [-0.39, 0.29) is 24.4 Å². The zero-order valence-corrected chi connectivity index (χ0v) is 12.0. The zero-order valence-electron chi connectivity index (χ0n) is 11.2. The molecular formula is C14H20ClN3O. The molecular weight excluding hydrogens is 262 g/mol. The Morgan fingerprint density at radius 2 is 1.95 bits per heavy atom. The minimum absolute atomic E-state index is 0. The molecule has 0 spiro atoms. The second-order valence-corrected chi connectivity index (χ2v) is 4.72. The number of halogens is 1. The average molecular weight is 282 g/mol. The van der Waals surface area contributed by atoms with Gasteiger partial charge in [-0.25, -0.2) is 0 Å². The fourth-order valence-electron chi connectivity index (χ4n) is 1.75. The molecule has 0 aliphatic rings. The molecule has 0 aliphatic heterocycles. The van der Waals surface area contributed by atoms with E-state index in [1.54, 1.807) is 24.3 Å². The summed E-state index contributed by atoms with van der Waals surface area (Å²) in [6.07, 6.45) is 0.860. The van der Waals surface area contributed by atoms with Crippen molar-refractivity contribution >= 4 is 18.3 Å². The standard InChI is InChI=1S/C14H19N3O.ClH/c1-10(2)7-13(9-16)17-14(18)12-5-3-11(8-15)4-6-12;/h3-6,10,13H,7,9,16H2,1-2H3,(H,17,18);1H. The molecule has 1 aromatic carbocycles. The monoisotopic (exact) mass is 281 g/mol. The number of carbonyl (C=O) groups excluding carboxylic acids is 1. The molecule has 0 aromatic heterocycles. The van der Waals surface area contributed by atoms with Crippen LogP contribution in [0.15, 0.2) is 24.3 Å². The molecule has 1 atom stereocenters. The first-order valence-electron chi connectivity index (χ1n) is 6.08. The lowest BCUT2D eigenvalue weighted by molar-refractivity contribution is 0.0934. The predicted octanol–water partition coefficient (Wildman–Crippen LogP) is 2.08. The number of carbonyl (C=O) groups is 1. The van der Waals surface area contributed by atoms with Gasteiger partial charge >= 0.3 is 0 Å². The molecule has 5 heteroatoms. The van der Waals surface area contributed by atoms with Crippen LogP contribution >= 0.6 is 12.4 Å². The third-order valence-electron chi connectivity index (χ3n) is 2.65. The fourth-order valence-corrected chi connectivity index (χ4v) is 1.75. The lowest BCUT2D eigenvalue weighted by atomic mass is 10.0. The summed E-state index contributed by atoms with van der Waals surface area (Å²) in [5.41, 5.74) is 6.73. The first-order chi connectivity index (χ1) is 8.56. The van der Waals surface area contributed by atoms with Crippen LogP contribution < -0.4 is 11.1 Å². The van der Waals surface area contributed by atoms with Gasteiger partial charge in [0.05, 0.1) is 11.6 Å². The van der Waals surface area contributed by atoms with Gasteiger partial charge < -0.3 is 11.1 Å². The summed E-state index contributed by atoms with van der Waals surface area (Å²) in [6, 6.07) is 8.58. The van der Waals surface area contributed by atoms with E-state index in [1.165, 1.54) is 0 Å². The van der Waals surface area contributed by atoms with Crippen molar-refractivity contribution in [3.05, 3.63) is 35.4 Å². The number of rotatable bonds is 5. The number of hydrogen-bond acceptors (Lipinski definition) is 3. The summed E-state index contributed by atoms with van der Waals surface area (Å²) >= 11 is 0. The Morgan fingerprint density at radius 1 is 1.37 bits per heavy atom. The van der Waals surface area contributed by atoms with E-state index in [0.717, 1.165) is 6.42 Å². The summed E-state index contributed by atoms with van der Waals surface area (Å²) in [7, 11) is 0. The molecule has 0 radical (unpaired) electrons. The lowest BCUT2D eigenvalue weighted by Gasteiger charge is -2.18. The van der Waals surface area contributed by atoms with Gasteiger partial charge in [-0.1, -0.05) is 13.8 Å². The average Bonchev–Trinajstić information content (AvgIpc) is 2.37. The van der Waals surface area contributed by atoms with Gasteiger partial charge in [0.15, 0.2) is 0 Å². The largest absolute Gasteiger partial charge is 0.348 e. The highest BCUT2D eigenvalue weighted by molar-refractivity contribution is 5.94. The van der Waals surface area contributed by atoms with Crippen molar-refractivity contribution in [2.45, 2.75) is 26.3 Å². The van der Waals surface area contributed by atoms with Gasteiger partial charge in [-0.05, 0) is 36.6 Å². The van der Waals surface area contributed by atoms with Crippen molar-refractivity contribution in [1.82, 2.24) is 5.32 Å². The molecule has 1 aromatic rings. The first-order valence-corrected chi connectivity index (χ1v) is 6.08. The Morgan fingerprint density at radius 3 is 2.37 bits per heavy atom. The van der Waals surface area contributed by atoms with Crippen LogP contribution in [-0.2, 0) is 0 Å². The minimum atomic E-state index is -0.143. The number of nitriles is 1. The maximum Gasteiger partial charge on any atom is 0.251 e. The number of nitrogens with one attached hydrogen (secondary N) is 1. The van der Waals surface area contributed by atoms with Crippen LogP contribution in [0.2, 0.25) is 0 Å². The SMILES string of the molecule is CC(C)CC(CN)NC(=O)c1ccc(C#N)cc1.Cl. The quantitative estimate of drug-likeness (QED) is 0.867. The van der Waals surface area contributed by atoms with Crippen LogP contribution in [0.3, 0.4) is 0 Å². The van der Waals surface area contributed by atoms with E-state index in [4.69, 9.17) is 11.0 Å². The molecule has 19 heavy (non-hydrogen) atoms. The molecule has 0 saturated carbocycles. The highest BCUT2D eigenvalue weighted by Crippen LogP contribution is 2.07. The van der Waals surface area contributed by atoms with Crippen LogP contribution in [0.1, 0.15) is 36.2 Å². The van der Waals surface area contributed by atoms with E-state index < -0.39 is 0 Å². The lowest BCUT2D eigenvalue weighted by Crippen LogP contribution is -2.41. The molecule has 3 N–H and O–H groups in total. The summed E-state index contributed by atoms with van der Waals surface area (Å²) in [5, 5.41) is 11.6. The third kappa shape index (κ3) is 5.73. The molecule has 0 aliphatic carbocycles. The number of nitrogens with two attached hydrogens (primary N) is 1. The van der Waals surface area contributed by atoms with Crippen molar-refractivity contribution in [2.24, 2.45) is 11.7 Å². The molecule has 1 rings (SSSR count). The van der Waals surface area contributed by atoms with E-state index in [2.05, 4.69) is 19.2 Å². The van der Waals surface area contributed by atoms with Crippen LogP contribution in [0.25, 0.3) is 0 Å². The van der Waals surface area contributed by atoms with E-state index in [1.807, 2.05) is 6.07 Å². The molecule has 4 nitrogen and oxygen atoms in total. The Bertz CT molecular complexity index is 437. The topological polar surface area (TPSA) is 78.9 Å². The Hall–Kier alpha value is -1.57. The summed E-state index contributed by atoms with van der Waals surface area (Å²) in [4.78, 5) is 11.9. The van der Waals surface area contributed by atoms with Crippen molar-refractivity contribution in [3.8, 4) is 6.07 Å². The van der Waals surface area contributed by atoms with Gasteiger partial charge in [-0.2, -0.15) is 5.26 Å².